The molecule has 0 aromatic heterocycles. The second-order valence-electron chi connectivity index (χ2n) is 8.16. The van der Waals surface area contributed by atoms with Crippen molar-refractivity contribution in [3.63, 3.8) is 0 Å². The van der Waals surface area contributed by atoms with Crippen LogP contribution in [0.3, 0.4) is 0 Å². The predicted octanol–water partition coefficient (Wildman–Crippen LogP) is 6.01. The van der Waals surface area contributed by atoms with Crippen LogP contribution in [0.5, 0.6) is 11.5 Å². The minimum Gasteiger partial charge on any atom is -0.507 e. The molecular weight excluding hydrogens is 523 g/mol. The Labute approximate surface area is 219 Å². The smallest absolute Gasteiger partial charge is 0.416 e. The van der Waals surface area contributed by atoms with E-state index >= 15 is 0 Å². The first-order chi connectivity index (χ1) is 18.0. The van der Waals surface area contributed by atoms with Gasteiger partial charge < -0.3 is 14.6 Å². The van der Waals surface area contributed by atoms with Crippen LogP contribution in [0.2, 0.25) is 0 Å². The van der Waals surface area contributed by atoms with Gasteiger partial charge in [0, 0.05) is 0 Å². The molecule has 11 heteroatoms. The maximum absolute atomic E-state index is 12.8. The van der Waals surface area contributed by atoms with Crippen molar-refractivity contribution < 1.29 is 42.1 Å². The number of phenols is 1. The van der Waals surface area contributed by atoms with Crippen molar-refractivity contribution in [2.24, 2.45) is 0 Å². The lowest BCUT2D eigenvalue weighted by Crippen LogP contribution is -2.27. The van der Waals surface area contributed by atoms with E-state index in [1.165, 1.54) is 43.5 Å². The molecule has 38 heavy (non-hydrogen) atoms. The number of methoxy groups -OCH3 is 1. The van der Waals surface area contributed by atoms with Crippen LogP contribution in [0.15, 0.2) is 71.6 Å². The van der Waals surface area contributed by atoms with E-state index in [4.69, 9.17) is 9.47 Å². The summed E-state index contributed by atoms with van der Waals surface area (Å²) >= 11 is 0.662. The van der Waals surface area contributed by atoms with Crippen molar-refractivity contribution in [1.29, 1.82) is 0 Å². The van der Waals surface area contributed by atoms with Crippen molar-refractivity contribution in [3.8, 4) is 11.5 Å². The van der Waals surface area contributed by atoms with Gasteiger partial charge in [-0.3, -0.25) is 14.5 Å². The molecule has 0 atom stereocenters. The summed E-state index contributed by atoms with van der Waals surface area (Å²) in [6, 6.07) is 15.1. The molecule has 7 nitrogen and oxygen atoms in total. The molecule has 1 heterocycles. The normalized spacial score (nSPS) is 14.7. The number of amides is 2. The molecule has 0 unspecified atom stereocenters. The molecule has 0 aliphatic carbocycles. The van der Waals surface area contributed by atoms with Crippen LogP contribution in [-0.4, -0.2) is 34.2 Å². The van der Waals surface area contributed by atoms with Crippen molar-refractivity contribution >= 4 is 35.0 Å². The summed E-state index contributed by atoms with van der Waals surface area (Å²) in [5, 5.41) is 9.57. The zero-order valence-corrected chi connectivity index (χ0v) is 20.6. The Morgan fingerprint density at radius 1 is 1.00 bits per heavy atom. The average Bonchev–Trinajstić information content (AvgIpc) is 3.15. The van der Waals surface area contributed by atoms with E-state index in [2.05, 4.69) is 0 Å². The highest BCUT2D eigenvalue weighted by Crippen LogP contribution is 2.35. The van der Waals surface area contributed by atoms with E-state index in [1.54, 1.807) is 24.3 Å². The van der Waals surface area contributed by atoms with Gasteiger partial charge in [-0.1, -0.05) is 30.3 Å². The fourth-order valence-electron chi connectivity index (χ4n) is 3.52. The molecule has 1 aliphatic rings. The zero-order valence-electron chi connectivity index (χ0n) is 19.8. The van der Waals surface area contributed by atoms with Crippen LogP contribution in [0.25, 0.3) is 6.08 Å². The highest BCUT2D eigenvalue weighted by atomic mass is 32.2. The second kappa shape index (κ2) is 11.0. The SMILES string of the molecule is COc1ccc(COC(=O)c2cc(/C=C3/SC(=O)N(Cc4ccc(C(F)(F)F)cc4)C3=O)ccc2O)cc1. The van der Waals surface area contributed by atoms with E-state index in [0.717, 1.165) is 17.0 Å². The van der Waals surface area contributed by atoms with Crippen LogP contribution in [0.4, 0.5) is 18.0 Å². The highest BCUT2D eigenvalue weighted by molar-refractivity contribution is 8.18. The van der Waals surface area contributed by atoms with Crippen molar-refractivity contribution in [2.45, 2.75) is 19.3 Å². The third-order valence-corrected chi connectivity index (χ3v) is 6.47. The molecule has 0 radical (unpaired) electrons. The lowest BCUT2D eigenvalue weighted by atomic mass is 10.1. The van der Waals surface area contributed by atoms with Gasteiger partial charge in [-0.05, 0) is 70.9 Å². The monoisotopic (exact) mass is 543 g/mol. The van der Waals surface area contributed by atoms with Gasteiger partial charge in [0.25, 0.3) is 11.1 Å². The van der Waals surface area contributed by atoms with E-state index < -0.39 is 28.9 Å². The van der Waals surface area contributed by atoms with Crippen LogP contribution in [0, 0.1) is 0 Å². The van der Waals surface area contributed by atoms with Crippen molar-refractivity contribution in [2.75, 3.05) is 7.11 Å². The Bertz CT molecular complexity index is 1400. The van der Waals surface area contributed by atoms with Crippen LogP contribution < -0.4 is 4.74 Å². The Kier molecular flexibility index (Phi) is 7.77. The number of benzene rings is 3. The van der Waals surface area contributed by atoms with Crippen molar-refractivity contribution in [3.05, 3.63) is 99.5 Å². The number of hydrogen-bond acceptors (Lipinski definition) is 7. The zero-order chi connectivity index (χ0) is 27.4. The number of esters is 1. The first kappa shape index (κ1) is 26.8. The molecule has 196 valence electrons. The number of hydrogen-bond donors (Lipinski definition) is 1. The summed E-state index contributed by atoms with van der Waals surface area (Å²) in [4.78, 5) is 38.8. The lowest BCUT2D eigenvalue weighted by Gasteiger charge is -2.13. The summed E-state index contributed by atoms with van der Waals surface area (Å²) < 4.78 is 48.7. The van der Waals surface area contributed by atoms with Crippen LogP contribution in [0.1, 0.15) is 32.6 Å². The Balaban J connectivity index is 1.45. The van der Waals surface area contributed by atoms with E-state index in [1.807, 2.05) is 0 Å². The molecule has 1 N–H and O–H groups in total. The first-order valence-corrected chi connectivity index (χ1v) is 11.9. The minimum atomic E-state index is -4.49. The van der Waals surface area contributed by atoms with Gasteiger partial charge >= 0.3 is 12.1 Å². The molecule has 4 rings (SSSR count). The number of halogens is 3. The number of alkyl halides is 3. The number of imide groups is 1. The van der Waals surface area contributed by atoms with Crippen molar-refractivity contribution in [1.82, 2.24) is 4.90 Å². The standard InChI is InChI=1S/C27H20F3NO6S/c1-36-20-9-4-17(5-10-20)15-37-25(34)21-12-18(6-11-22(21)32)13-23-24(33)31(26(35)38-23)14-16-2-7-19(8-3-16)27(28,29)30/h2-13,32H,14-15H2,1H3/b23-13+. The van der Waals surface area contributed by atoms with Gasteiger partial charge in [0.1, 0.15) is 23.7 Å². The van der Waals surface area contributed by atoms with E-state index in [0.29, 0.717) is 34.2 Å². The van der Waals surface area contributed by atoms with Gasteiger partial charge in [0.15, 0.2) is 0 Å². The number of ether oxygens (including phenoxy) is 2. The number of rotatable bonds is 7. The molecule has 2 amide bonds. The summed E-state index contributed by atoms with van der Waals surface area (Å²) in [6.07, 6.45) is -3.11. The van der Waals surface area contributed by atoms with Gasteiger partial charge in [-0.2, -0.15) is 13.2 Å². The minimum absolute atomic E-state index is 0.0463. The number of nitrogens with zero attached hydrogens (tertiary/aromatic N) is 1. The van der Waals surface area contributed by atoms with Gasteiger partial charge in [-0.25, -0.2) is 4.79 Å². The molecule has 1 fully saturated rings. The van der Waals surface area contributed by atoms with Gasteiger partial charge in [-0.15, -0.1) is 0 Å². The van der Waals surface area contributed by atoms with E-state index in [-0.39, 0.29) is 29.4 Å². The van der Waals surface area contributed by atoms with E-state index in [9.17, 15) is 32.7 Å². The molecule has 0 saturated carbocycles. The predicted molar refractivity (Wildman–Crippen MR) is 133 cm³/mol. The van der Waals surface area contributed by atoms with Crippen LogP contribution in [-0.2, 0) is 28.9 Å². The first-order valence-electron chi connectivity index (χ1n) is 11.1. The fraction of sp³-hybridized carbons (Fsp3) is 0.148. The molecule has 1 aliphatic heterocycles. The molecule has 3 aromatic rings. The number of thioether (sulfide) groups is 1. The topological polar surface area (TPSA) is 93.1 Å². The number of phenolic OH excluding ortho intramolecular Hbond substituents is 1. The van der Waals surface area contributed by atoms with Gasteiger partial charge in [0.2, 0.25) is 0 Å². The maximum atomic E-state index is 12.8. The number of carbonyl (C=O) groups excluding carboxylic acids is 3. The quantitative estimate of drug-likeness (QED) is 0.288. The average molecular weight is 544 g/mol. The number of aromatic hydroxyl groups is 1. The molecular formula is C27H20F3NO6S. The second-order valence-corrected chi connectivity index (χ2v) is 9.16. The third kappa shape index (κ3) is 6.17. The Hall–Kier alpha value is -4.25. The fourth-order valence-corrected chi connectivity index (χ4v) is 4.36. The molecule has 0 spiro atoms. The largest absolute Gasteiger partial charge is 0.507 e. The maximum Gasteiger partial charge on any atom is 0.416 e. The van der Waals surface area contributed by atoms with Gasteiger partial charge in [0.05, 0.1) is 24.1 Å². The summed E-state index contributed by atoms with van der Waals surface area (Å²) in [5.41, 5.74) is 0.459. The third-order valence-electron chi connectivity index (χ3n) is 5.56. The lowest BCUT2D eigenvalue weighted by molar-refractivity contribution is -0.137. The Morgan fingerprint density at radius 2 is 1.66 bits per heavy atom. The molecule has 0 bridgehead atoms. The molecule has 3 aromatic carbocycles. The molecule has 1 saturated heterocycles. The highest BCUT2D eigenvalue weighted by Gasteiger charge is 2.35. The summed E-state index contributed by atoms with van der Waals surface area (Å²) in [7, 11) is 1.53. The Morgan fingerprint density at radius 3 is 2.29 bits per heavy atom. The number of carbonyl (C=O) groups is 3. The summed E-state index contributed by atoms with van der Waals surface area (Å²) in [5.74, 6) is -1.09. The van der Waals surface area contributed by atoms with Crippen LogP contribution >= 0.6 is 11.8 Å². The summed E-state index contributed by atoms with van der Waals surface area (Å²) in [6.45, 7) is -0.242.